The summed E-state index contributed by atoms with van der Waals surface area (Å²) >= 11 is 8.85. The lowest BCUT2D eigenvalue weighted by molar-refractivity contribution is -0.127. The zero-order chi connectivity index (χ0) is 25.7. The molecule has 3 amide bonds. The number of rotatable bonds is 8. The van der Waals surface area contributed by atoms with Gasteiger partial charge in [0.15, 0.2) is 11.5 Å². The average molecular weight is 631 g/mol. The largest absolute Gasteiger partial charge is 0.493 e. The van der Waals surface area contributed by atoms with E-state index in [4.69, 9.17) is 25.8 Å². The van der Waals surface area contributed by atoms with Crippen molar-refractivity contribution >= 4 is 80.7 Å². The summed E-state index contributed by atoms with van der Waals surface area (Å²) in [6.45, 7) is 1.33. The zero-order valence-electron chi connectivity index (χ0n) is 18.8. The summed E-state index contributed by atoms with van der Waals surface area (Å²) in [7, 11) is 3.03. The molecule has 12 heteroatoms. The van der Waals surface area contributed by atoms with Gasteiger partial charge in [0, 0.05) is 5.69 Å². The number of methoxy groups -OCH3 is 2. The maximum Gasteiger partial charge on any atom is 0.339 e. The lowest BCUT2D eigenvalue weighted by atomic mass is 10.2. The Hall–Kier alpha value is -2.77. The van der Waals surface area contributed by atoms with Gasteiger partial charge in [0.25, 0.3) is 11.1 Å². The first-order valence-electron chi connectivity index (χ1n) is 10.1. The number of carbonyl (C=O) groups is 4. The fourth-order valence-electron chi connectivity index (χ4n) is 3.12. The molecule has 1 heterocycles. The highest BCUT2D eigenvalue weighted by Crippen LogP contribution is 2.37. The standard InChI is InChI=1S/C23H20ClIN2O7S/c1-4-34-22(30)14-10-13(5-6-15(14)24)26-19(28)11-27-21(29)18(35-23(27)31)9-12-7-16(25)20(33-3)17(8-12)32-2/h5-10H,4,11H2,1-3H3,(H,26,28)/b18-9+. The highest BCUT2D eigenvalue weighted by atomic mass is 127. The van der Waals surface area contributed by atoms with Gasteiger partial charge in [-0.05, 0) is 83.2 Å². The van der Waals surface area contributed by atoms with Crippen molar-refractivity contribution in [3.63, 3.8) is 0 Å². The lowest BCUT2D eigenvalue weighted by Crippen LogP contribution is -2.36. The van der Waals surface area contributed by atoms with Crippen molar-refractivity contribution in [2.45, 2.75) is 6.92 Å². The van der Waals surface area contributed by atoms with E-state index < -0.39 is 29.6 Å². The number of hydrogen-bond acceptors (Lipinski definition) is 8. The van der Waals surface area contributed by atoms with E-state index in [9.17, 15) is 19.2 Å². The van der Waals surface area contributed by atoms with Crippen LogP contribution in [0.2, 0.25) is 5.02 Å². The average Bonchev–Trinajstić information content (AvgIpc) is 3.07. The molecule has 0 saturated carbocycles. The Bertz CT molecular complexity index is 1230. The third kappa shape index (κ3) is 6.27. The molecule has 35 heavy (non-hydrogen) atoms. The fraction of sp³-hybridized carbons (Fsp3) is 0.217. The first kappa shape index (κ1) is 26.8. The van der Waals surface area contributed by atoms with Crippen LogP contribution >= 0.6 is 46.0 Å². The van der Waals surface area contributed by atoms with Gasteiger partial charge in [-0.3, -0.25) is 19.3 Å². The van der Waals surface area contributed by atoms with Crippen LogP contribution in [0.1, 0.15) is 22.8 Å². The number of anilines is 1. The summed E-state index contributed by atoms with van der Waals surface area (Å²) in [4.78, 5) is 50.9. The van der Waals surface area contributed by atoms with Gasteiger partial charge < -0.3 is 19.5 Å². The van der Waals surface area contributed by atoms with Gasteiger partial charge >= 0.3 is 5.97 Å². The number of carbonyl (C=O) groups excluding carboxylic acids is 4. The molecule has 0 radical (unpaired) electrons. The molecular weight excluding hydrogens is 611 g/mol. The number of hydrogen-bond donors (Lipinski definition) is 1. The van der Waals surface area contributed by atoms with E-state index in [2.05, 4.69) is 27.9 Å². The molecule has 0 aliphatic carbocycles. The number of amides is 3. The zero-order valence-corrected chi connectivity index (χ0v) is 22.6. The Morgan fingerprint density at radius 2 is 1.91 bits per heavy atom. The first-order chi connectivity index (χ1) is 16.7. The van der Waals surface area contributed by atoms with Crippen molar-refractivity contribution in [1.29, 1.82) is 0 Å². The maximum absolute atomic E-state index is 12.8. The van der Waals surface area contributed by atoms with E-state index in [0.29, 0.717) is 17.1 Å². The molecule has 2 aromatic carbocycles. The summed E-state index contributed by atoms with van der Waals surface area (Å²) in [5, 5.41) is 2.16. The minimum Gasteiger partial charge on any atom is -0.493 e. The molecule has 0 spiro atoms. The molecule has 9 nitrogen and oxygen atoms in total. The Morgan fingerprint density at radius 1 is 1.17 bits per heavy atom. The Balaban J connectivity index is 1.74. The molecule has 1 N–H and O–H groups in total. The second-order valence-corrected chi connectivity index (χ2v) is 9.53. The van der Waals surface area contributed by atoms with Gasteiger partial charge in [-0.1, -0.05) is 11.6 Å². The summed E-state index contributed by atoms with van der Waals surface area (Å²) in [5.41, 5.74) is 0.990. The van der Waals surface area contributed by atoms with Crippen LogP contribution in [0.5, 0.6) is 11.5 Å². The molecule has 0 atom stereocenters. The fourth-order valence-corrected chi connectivity index (χ4v) is 5.00. The van der Waals surface area contributed by atoms with Crippen LogP contribution in [0.15, 0.2) is 35.2 Å². The van der Waals surface area contributed by atoms with Crippen LogP contribution in [-0.4, -0.2) is 55.3 Å². The molecule has 2 aromatic rings. The second-order valence-electron chi connectivity index (χ2n) is 6.97. The van der Waals surface area contributed by atoms with Crippen LogP contribution in [0.4, 0.5) is 10.5 Å². The van der Waals surface area contributed by atoms with Crippen LogP contribution in [-0.2, 0) is 14.3 Å². The molecule has 1 aliphatic rings. The Morgan fingerprint density at radius 3 is 2.57 bits per heavy atom. The first-order valence-corrected chi connectivity index (χ1v) is 12.4. The van der Waals surface area contributed by atoms with Gasteiger partial charge in [-0.2, -0.15) is 0 Å². The second kappa shape index (κ2) is 11.8. The molecule has 0 bridgehead atoms. The van der Waals surface area contributed by atoms with Crippen molar-refractivity contribution in [2.75, 3.05) is 32.7 Å². The van der Waals surface area contributed by atoms with Gasteiger partial charge in [-0.25, -0.2) is 4.79 Å². The predicted octanol–water partition coefficient (Wildman–Crippen LogP) is 4.81. The molecule has 0 aromatic heterocycles. The summed E-state index contributed by atoms with van der Waals surface area (Å²) in [6.07, 6.45) is 1.55. The molecule has 184 valence electrons. The van der Waals surface area contributed by atoms with Crippen molar-refractivity contribution in [1.82, 2.24) is 4.90 Å². The van der Waals surface area contributed by atoms with E-state index in [0.717, 1.165) is 20.2 Å². The monoisotopic (exact) mass is 630 g/mol. The number of ether oxygens (including phenoxy) is 3. The van der Waals surface area contributed by atoms with Gasteiger partial charge in [0.1, 0.15) is 6.54 Å². The normalized spacial score (nSPS) is 14.3. The van der Waals surface area contributed by atoms with Crippen LogP contribution in [0, 0.1) is 3.57 Å². The molecule has 1 fully saturated rings. The molecule has 1 saturated heterocycles. The lowest BCUT2D eigenvalue weighted by Gasteiger charge is -2.13. The van der Waals surface area contributed by atoms with Crippen molar-refractivity contribution in [2.24, 2.45) is 0 Å². The van der Waals surface area contributed by atoms with E-state index in [1.54, 1.807) is 25.1 Å². The minimum atomic E-state index is -0.630. The van der Waals surface area contributed by atoms with Gasteiger partial charge in [0.05, 0.1) is 39.9 Å². The topological polar surface area (TPSA) is 111 Å². The van der Waals surface area contributed by atoms with E-state index in [1.165, 1.54) is 32.4 Å². The summed E-state index contributed by atoms with van der Waals surface area (Å²) in [5.74, 6) is -0.804. The minimum absolute atomic E-state index is 0.0879. The van der Waals surface area contributed by atoms with Crippen LogP contribution in [0.25, 0.3) is 6.08 Å². The van der Waals surface area contributed by atoms with Crippen molar-refractivity contribution < 1.29 is 33.4 Å². The number of thioether (sulfide) groups is 1. The number of esters is 1. The van der Waals surface area contributed by atoms with Gasteiger partial charge in [0.2, 0.25) is 5.91 Å². The van der Waals surface area contributed by atoms with Crippen molar-refractivity contribution in [3.8, 4) is 11.5 Å². The maximum atomic E-state index is 12.8. The van der Waals surface area contributed by atoms with Crippen LogP contribution < -0.4 is 14.8 Å². The smallest absolute Gasteiger partial charge is 0.339 e. The van der Waals surface area contributed by atoms with Crippen molar-refractivity contribution in [3.05, 3.63) is 55.0 Å². The Kier molecular flexibility index (Phi) is 9.03. The van der Waals surface area contributed by atoms with E-state index >= 15 is 0 Å². The summed E-state index contributed by atoms with van der Waals surface area (Å²) < 4.78 is 16.3. The molecule has 0 unspecified atom stereocenters. The highest BCUT2D eigenvalue weighted by Gasteiger charge is 2.36. The van der Waals surface area contributed by atoms with Crippen LogP contribution in [0.3, 0.4) is 0 Å². The Labute approximate surface area is 224 Å². The number of benzene rings is 2. The third-order valence-electron chi connectivity index (χ3n) is 4.67. The highest BCUT2D eigenvalue weighted by molar-refractivity contribution is 14.1. The SMILES string of the molecule is CCOC(=O)c1cc(NC(=O)CN2C(=O)S/C(=C/c3cc(I)c(OC)c(OC)c3)C2=O)ccc1Cl. The number of nitrogens with zero attached hydrogens (tertiary/aromatic N) is 1. The predicted molar refractivity (Wildman–Crippen MR) is 141 cm³/mol. The third-order valence-corrected chi connectivity index (χ3v) is 6.71. The molecule has 1 aliphatic heterocycles. The number of nitrogens with one attached hydrogen (secondary N) is 1. The van der Waals surface area contributed by atoms with E-state index in [-0.39, 0.29) is 27.8 Å². The van der Waals surface area contributed by atoms with Gasteiger partial charge in [-0.15, -0.1) is 0 Å². The van der Waals surface area contributed by atoms with E-state index in [1.807, 2.05) is 0 Å². The number of halogens is 2. The number of imide groups is 1. The molecular formula is C23H20ClIN2O7S. The molecule has 3 rings (SSSR count). The quantitative estimate of drug-likeness (QED) is 0.251. The summed E-state index contributed by atoms with van der Waals surface area (Å²) in [6, 6.07) is 7.77.